The van der Waals surface area contributed by atoms with Gasteiger partial charge in [0, 0.05) is 17.0 Å². The SMILES string of the molecule is O=C(CCC(O)c1ccccc1)c1ccc(Cl)cc1. The van der Waals surface area contributed by atoms with E-state index in [9.17, 15) is 9.90 Å². The highest BCUT2D eigenvalue weighted by Gasteiger charge is 2.11. The molecule has 19 heavy (non-hydrogen) atoms. The molecule has 2 aromatic rings. The first-order valence-corrected chi connectivity index (χ1v) is 6.56. The molecule has 0 bridgehead atoms. The van der Waals surface area contributed by atoms with Crippen LogP contribution >= 0.6 is 11.6 Å². The molecular weight excluding hydrogens is 260 g/mol. The lowest BCUT2D eigenvalue weighted by Crippen LogP contribution is -2.04. The van der Waals surface area contributed by atoms with E-state index in [2.05, 4.69) is 0 Å². The molecule has 2 aromatic carbocycles. The van der Waals surface area contributed by atoms with Gasteiger partial charge >= 0.3 is 0 Å². The Kier molecular flexibility index (Phi) is 4.72. The van der Waals surface area contributed by atoms with Gasteiger partial charge in [-0.1, -0.05) is 41.9 Å². The van der Waals surface area contributed by atoms with E-state index in [0.717, 1.165) is 5.56 Å². The Morgan fingerprint density at radius 1 is 1.05 bits per heavy atom. The Morgan fingerprint density at radius 3 is 2.32 bits per heavy atom. The number of halogens is 1. The zero-order chi connectivity index (χ0) is 13.7. The molecular formula is C16H15ClO2. The molecule has 0 fully saturated rings. The van der Waals surface area contributed by atoms with E-state index in [1.807, 2.05) is 30.3 Å². The second kappa shape index (κ2) is 6.50. The molecule has 2 nitrogen and oxygen atoms in total. The van der Waals surface area contributed by atoms with Gasteiger partial charge in [0.1, 0.15) is 0 Å². The van der Waals surface area contributed by atoms with Crippen molar-refractivity contribution in [2.24, 2.45) is 0 Å². The van der Waals surface area contributed by atoms with Gasteiger partial charge in [-0.05, 0) is 36.2 Å². The number of aliphatic hydroxyl groups excluding tert-OH is 1. The molecule has 1 N–H and O–H groups in total. The summed E-state index contributed by atoms with van der Waals surface area (Å²) in [5.74, 6) is 0.0200. The maximum Gasteiger partial charge on any atom is 0.162 e. The van der Waals surface area contributed by atoms with Crippen LogP contribution in [0.2, 0.25) is 5.02 Å². The van der Waals surface area contributed by atoms with Gasteiger partial charge in [-0.15, -0.1) is 0 Å². The first-order chi connectivity index (χ1) is 9.16. The second-order valence-corrected chi connectivity index (χ2v) is 4.83. The summed E-state index contributed by atoms with van der Waals surface area (Å²) in [6.45, 7) is 0. The van der Waals surface area contributed by atoms with Gasteiger partial charge < -0.3 is 5.11 Å². The highest BCUT2D eigenvalue weighted by atomic mass is 35.5. The highest BCUT2D eigenvalue weighted by Crippen LogP contribution is 2.19. The zero-order valence-electron chi connectivity index (χ0n) is 10.4. The van der Waals surface area contributed by atoms with Crippen molar-refractivity contribution in [3.8, 4) is 0 Å². The Labute approximate surface area is 117 Å². The third kappa shape index (κ3) is 3.91. The zero-order valence-corrected chi connectivity index (χ0v) is 11.2. The lowest BCUT2D eigenvalue weighted by molar-refractivity contribution is 0.0940. The Morgan fingerprint density at radius 2 is 1.68 bits per heavy atom. The van der Waals surface area contributed by atoms with Crippen molar-refractivity contribution in [2.45, 2.75) is 18.9 Å². The summed E-state index contributed by atoms with van der Waals surface area (Å²) in [4.78, 5) is 11.9. The number of rotatable bonds is 5. The number of Topliss-reactive ketones (excluding diaryl/α,β-unsaturated/α-hetero) is 1. The van der Waals surface area contributed by atoms with Crippen LogP contribution in [0.1, 0.15) is 34.9 Å². The molecule has 0 aliphatic rings. The van der Waals surface area contributed by atoms with Crippen molar-refractivity contribution >= 4 is 17.4 Å². The van der Waals surface area contributed by atoms with E-state index in [4.69, 9.17) is 11.6 Å². The lowest BCUT2D eigenvalue weighted by Gasteiger charge is -2.10. The molecule has 1 atom stereocenters. The predicted molar refractivity (Wildman–Crippen MR) is 76.4 cm³/mol. The molecule has 98 valence electrons. The molecule has 0 saturated heterocycles. The third-order valence-electron chi connectivity index (χ3n) is 3.00. The van der Waals surface area contributed by atoms with E-state index in [1.165, 1.54) is 0 Å². The summed E-state index contributed by atoms with van der Waals surface area (Å²) in [5, 5.41) is 10.6. The van der Waals surface area contributed by atoms with Crippen molar-refractivity contribution in [1.82, 2.24) is 0 Å². The van der Waals surface area contributed by atoms with Gasteiger partial charge in [-0.2, -0.15) is 0 Å². The molecule has 0 aliphatic heterocycles. The summed E-state index contributed by atoms with van der Waals surface area (Å²) in [6, 6.07) is 16.2. The van der Waals surface area contributed by atoms with Gasteiger partial charge in [0.15, 0.2) is 5.78 Å². The molecule has 0 aromatic heterocycles. The summed E-state index contributed by atoms with van der Waals surface area (Å²) in [7, 11) is 0. The molecule has 3 heteroatoms. The fourth-order valence-electron chi connectivity index (χ4n) is 1.89. The Bertz CT molecular complexity index is 534. The van der Waals surface area contributed by atoms with Crippen LogP contribution in [0.5, 0.6) is 0 Å². The molecule has 0 radical (unpaired) electrons. The van der Waals surface area contributed by atoms with E-state index in [1.54, 1.807) is 24.3 Å². The van der Waals surface area contributed by atoms with Crippen LogP contribution in [0.4, 0.5) is 0 Å². The molecule has 0 saturated carbocycles. The topological polar surface area (TPSA) is 37.3 Å². The third-order valence-corrected chi connectivity index (χ3v) is 3.25. The molecule has 0 spiro atoms. The van der Waals surface area contributed by atoms with Crippen molar-refractivity contribution in [3.63, 3.8) is 0 Å². The monoisotopic (exact) mass is 274 g/mol. The minimum Gasteiger partial charge on any atom is -0.388 e. The average Bonchev–Trinajstić information content (AvgIpc) is 2.46. The van der Waals surface area contributed by atoms with Crippen molar-refractivity contribution in [3.05, 3.63) is 70.7 Å². The smallest absolute Gasteiger partial charge is 0.162 e. The first-order valence-electron chi connectivity index (χ1n) is 6.18. The molecule has 0 amide bonds. The van der Waals surface area contributed by atoms with Crippen LogP contribution in [0.25, 0.3) is 0 Å². The molecule has 0 aliphatic carbocycles. The maximum absolute atomic E-state index is 11.9. The summed E-state index contributed by atoms with van der Waals surface area (Å²) < 4.78 is 0. The quantitative estimate of drug-likeness (QED) is 0.836. The number of hydrogen-bond acceptors (Lipinski definition) is 2. The van der Waals surface area contributed by atoms with Crippen LogP contribution in [0.3, 0.4) is 0 Å². The number of ketones is 1. The summed E-state index contributed by atoms with van der Waals surface area (Å²) in [6.07, 6.45) is 0.140. The van der Waals surface area contributed by atoms with E-state index in [-0.39, 0.29) is 5.78 Å². The van der Waals surface area contributed by atoms with Crippen molar-refractivity contribution < 1.29 is 9.90 Å². The number of carbonyl (C=O) groups excluding carboxylic acids is 1. The second-order valence-electron chi connectivity index (χ2n) is 4.40. The van der Waals surface area contributed by atoms with Crippen LogP contribution in [-0.2, 0) is 0 Å². The van der Waals surface area contributed by atoms with Gasteiger partial charge in [-0.25, -0.2) is 0 Å². The van der Waals surface area contributed by atoms with Crippen molar-refractivity contribution in [1.29, 1.82) is 0 Å². The fraction of sp³-hybridized carbons (Fsp3) is 0.188. The van der Waals surface area contributed by atoms with Gasteiger partial charge in [-0.3, -0.25) is 4.79 Å². The normalized spacial score (nSPS) is 12.1. The number of carbonyl (C=O) groups is 1. The highest BCUT2D eigenvalue weighted by molar-refractivity contribution is 6.30. The molecule has 0 heterocycles. The largest absolute Gasteiger partial charge is 0.388 e. The first kappa shape index (κ1) is 13.8. The summed E-state index contributed by atoms with van der Waals surface area (Å²) in [5.41, 5.74) is 1.47. The van der Waals surface area contributed by atoms with Gasteiger partial charge in [0.2, 0.25) is 0 Å². The van der Waals surface area contributed by atoms with Crippen LogP contribution < -0.4 is 0 Å². The fourth-order valence-corrected chi connectivity index (χ4v) is 2.02. The number of aliphatic hydroxyl groups is 1. The molecule has 2 rings (SSSR count). The standard InChI is InChI=1S/C16H15ClO2/c17-14-8-6-13(7-9-14)16(19)11-10-15(18)12-4-2-1-3-5-12/h1-9,15,18H,10-11H2. The van der Waals surface area contributed by atoms with Crippen LogP contribution in [-0.4, -0.2) is 10.9 Å². The number of hydrogen-bond donors (Lipinski definition) is 1. The predicted octanol–water partition coefficient (Wildman–Crippen LogP) is 4.04. The van der Waals surface area contributed by atoms with E-state index < -0.39 is 6.10 Å². The Balaban J connectivity index is 1.92. The van der Waals surface area contributed by atoms with E-state index in [0.29, 0.717) is 23.4 Å². The maximum atomic E-state index is 11.9. The minimum absolute atomic E-state index is 0.0200. The average molecular weight is 275 g/mol. The minimum atomic E-state index is -0.600. The van der Waals surface area contributed by atoms with Crippen LogP contribution in [0.15, 0.2) is 54.6 Å². The Hall–Kier alpha value is -1.64. The van der Waals surface area contributed by atoms with E-state index >= 15 is 0 Å². The van der Waals surface area contributed by atoms with Gasteiger partial charge in [0.05, 0.1) is 6.10 Å². The summed E-state index contributed by atoms with van der Waals surface area (Å²) >= 11 is 5.77. The molecule has 1 unspecified atom stereocenters. The van der Waals surface area contributed by atoms with Gasteiger partial charge in [0.25, 0.3) is 0 Å². The van der Waals surface area contributed by atoms with Crippen LogP contribution in [0, 0.1) is 0 Å². The van der Waals surface area contributed by atoms with Crippen molar-refractivity contribution in [2.75, 3.05) is 0 Å². The number of benzene rings is 2. The lowest BCUT2D eigenvalue weighted by atomic mass is 10.0.